The third-order valence-corrected chi connectivity index (χ3v) is 5.96. The molecule has 118 valence electrons. The van der Waals surface area contributed by atoms with E-state index >= 15 is 0 Å². The van der Waals surface area contributed by atoms with Gasteiger partial charge in [0.2, 0.25) is 0 Å². The molecule has 1 aromatic carbocycles. The number of hydrogen-bond donors (Lipinski definition) is 2. The largest absolute Gasteiger partial charge is 0.351 e. The minimum Gasteiger partial charge on any atom is -0.351 e. The van der Waals surface area contributed by atoms with Gasteiger partial charge >= 0.3 is 0 Å². The summed E-state index contributed by atoms with van der Waals surface area (Å²) in [5, 5.41) is 3.93. The second-order valence-corrected chi connectivity index (χ2v) is 8.38. The fraction of sp³-hybridized carbons (Fsp3) is 0.438. The van der Waals surface area contributed by atoms with Crippen LogP contribution in [0.15, 0.2) is 24.3 Å². The lowest BCUT2D eigenvalue weighted by atomic mass is 10.0. The first-order valence-electron chi connectivity index (χ1n) is 7.51. The SMILES string of the molecule is Cc1ccc2[nH]c(C(=O)NCC3CCS(=O)(=O)CC3)cc2c1. The molecule has 1 amide bonds. The number of carbonyl (C=O) groups is 1. The van der Waals surface area contributed by atoms with Crippen molar-refractivity contribution in [3.8, 4) is 0 Å². The fourth-order valence-corrected chi connectivity index (χ4v) is 4.44. The van der Waals surface area contributed by atoms with Gasteiger partial charge in [-0.05, 0) is 43.9 Å². The summed E-state index contributed by atoms with van der Waals surface area (Å²) in [5.74, 6) is 0.583. The second kappa shape index (κ2) is 5.76. The third kappa shape index (κ3) is 3.32. The summed E-state index contributed by atoms with van der Waals surface area (Å²) < 4.78 is 22.8. The fourth-order valence-electron chi connectivity index (χ4n) is 2.85. The molecule has 1 fully saturated rings. The Hall–Kier alpha value is -1.82. The van der Waals surface area contributed by atoms with Crippen LogP contribution in [-0.4, -0.2) is 37.4 Å². The molecule has 2 heterocycles. The Morgan fingerprint density at radius 3 is 2.73 bits per heavy atom. The number of benzene rings is 1. The smallest absolute Gasteiger partial charge is 0.267 e. The molecule has 5 nitrogen and oxygen atoms in total. The zero-order valence-electron chi connectivity index (χ0n) is 12.6. The number of carbonyl (C=O) groups excluding carboxylic acids is 1. The molecular weight excluding hydrogens is 300 g/mol. The average molecular weight is 320 g/mol. The van der Waals surface area contributed by atoms with Crippen molar-refractivity contribution >= 4 is 26.6 Å². The van der Waals surface area contributed by atoms with Crippen molar-refractivity contribution in [1.82, 2.24) is 10.3 Å². The number of aryl methyl sites for hydroxylation is 1. The molecule has 0 spiro atoms. The van der Waals surface area contributed by atoms with Crippen LogP contribution in [0.4, 0.5) is 0 Å². The van der Waals surface area contributed by atoms with E-state index in [1.165, 1.54) is 0 Å². The van der Waals surface area contributed by atoms with Crippen LogP contribution in [-0.2, 0) is 9.84 Å². The molecule has 1 aliphatic heterocycles. The quantitative estimate of drug-likeness (QED) is 0.908. The van der Waals surface area contributed by atoms with Gasteiger partial charge in [0.1, 0.15) is 15.5 Å². The van der Waals surface area contributed by atoms with Gasteiger partial charge in [-0.25, -0.2) is 8.42 Å². The molecule has 3 rings (SSSR count). The molecule has 1 saturated heterocycles. The Morgan fingerprint density at radius 1 is 1.27 bits per heavy atom. The summed E-state index contributed by atoms with van der Waals surface area (Å²) in [6.07, 6.45) is 1.27. The predicted molar refractivity (Wildman–Crippen MR) is 86.7 cm³/mol. The Labute approximate surface area is 130 Å². The number of H-pyrrole nitrogens is 1. The van der Waals surface area contributed by atoms with Gasteiger partial charge in [0.05, 0.1) is 11.5 Å². The number of amides is 1. The van der Waals surface area contributed by atoms with Crippen molar-refractivity contribution in [3.63, 3.8) is 0 Å². The molecule has 0 bridgehead atoms. The topological polar surface area (TPSA) is 79.0 Å². The molecule has 0 atom stereocenters. The standard InChI is InChI=1S/C16H20N2O3S/c1-11-2-3-14-13(8-11)9-15(18-14)16(19)17-10-12-4-6-22(20,21)7-5-12/h2-3,8-9,12,18H,4-7,10H2,1H3,(H,17,19). The highest BCUT2D eigenvalue weighted by Crippen LogP contribution is 2.19. The van der Waals surface area contributed by atoms with Crippen LogP contribution in [0, 0.1) is 12.8 Å². The van der Waals surface area contributed by atoms with Crippen LogP contribution in [0.2, 0.25) is 0 Å². The molecule has 0 saturated carbocycles. The van der Waals surface area contributed by atoms with Crippen LogP contribution < -0.4 is 5.32 Å². The van der Waals surface area contributed by atoms with E-state index in [1.807, 2.05) is 31.2 Å². The van der Waals surface area contributed by atoms with Gasteiger partial charge in [0.15, 0.2) is 0 Å². The maximum atomic E-state index is 12.2. The van der Waals surface area contributed by atoms with Gasteiger partial charge in [-0.15, -0.1) is 0 Å². The van der Waals surface area contributed by atoms with Gasteiger partial charge in [-0.1, -0.05) is 11.6 Å². The normalized spacial score (nSPS) is 18.4. The van der Waals surface area contributed by atoms with E-state index in [0.717, 1.165) is 16.5 Å². The highest BCUT2D eigenvalue weighted by Gasteiger charge is 2.24. The number of aromatic amines is 1. The van der Waals surface area contributed by atoms with Crippen LogP contribution >= 0.6 is 0 Å². The molecular formula is C16H20N2O3S. The minimum absolute atomic E-state index is 0.137. The van der Waals surface area contributed by atoms with Crippen molar-refractivity contribution in [2.75, 3.05) is 18.1 Å². The molecule has 6 heteroatoms. The van der Waals surface area contributed by atoms with Crippen LogP contribution in [0.3, 0.4) is 0 Å². The summed E-state index contributed by atoms with van der Waals surface area (Å²) in [7, 11) is -2.85. The van der Waals surface area contributed by atoms with E-state index in [4.69, 9.17) is 0 Å². The lowest BCUT2D eigenvalue weighted by molar-refractivity contribution is 0.0942. The number of sulfone groups is 1. The molecule has 0 radical (unpaired) electrons. The summed E-state index contributed by atoms with van der Waals surface area (Å²) in [4.78, 5) is 15.3. The first-order chi connectivity index (χ1) is 10.4. The molecule has 22 heavy (non-hydrogen) atoms. The van der Waals surface area contributed by atoms with Crippen LogP contribution in [0.1, 0.15) is 28.9 Å². The van der Waals surface area contributed by atoms with E-state index in [9.17, 15) is 13.2 Å². The predicted octanol–water partition coefficient (Wildman–Crippen LogP) is 2.03. The summed E-state index contributed by atoms with van der Waals surface area (Å²) >= 11 is 0. The van der Waals surface area contributed by atoms with Gasteiger partial charge in [0.25, 0.3) is 5.91 Å². The highest BCUT2D eigenvalue weighted by atomic mass is 32.2. The zero-order chi connectivity index (χ0) is 15.7. The van der Waals surface area contributed by atoms with E-state index in [0.29, 0.717) is 25.1 Å². The Balaban J connectivity index is 1.61. The summed E-state index contributed by atoms with van der Waals surface area (Å²) in [5.41, 5.74) is 2.64. The monoisotopic (exact) mass is 320 g/mol. The van der Waals surface area contributed by atoms with Gasteiger partial charge in [0, 0.05) is 17.4 Å². The summed E-state index contributed by atoms with van der Waals surface area (Å²) in [6.45, 7) is 2.55. The number of aromatic nitrogens is 1. The van der Waals surface area contributed by atoms with Crippen LogP contribution in [0.5, 0.6) is 0 Å². The number of rotatable bonds is 3. The second-order valence-electron chi connectivity index (χ2n) is 6.08. The number of hydrogen-bond acceptors (Lipinski definition) is 3. The van der Waals surface area contributed by atoms with Crippen molar-refractivity contribution in [2.24, 2.45) is 5.92 Å². The van der Waals surface area contributed by atoms with E-state index in [2.05, 4.69) is 10.3 Å². The summed E-state index contributed by atoms with van der Waals surface area (Å²) in [6, 6.07) is 7.86. The molecule has 0 unspecified atom stereocenters. The number of fused-ring (bicyclic) bond motifs is 1. The Kier molecular flexibility index (Phi) is 3.95. The average Bonchev–Trinajstić information content (AvgIpc) is 2.89. The Bertz CT molecular complexity index is 794. The van der Waals surface area contributed by atoms with Crippen molar-refractivity contribution in [2.45, 2.75) is 19.8 Å². The van der Waals surface area contributed by atoms with E-state index in [-0.39, 0.29) is 23.3 Å². The number of nitrogens with one attached hydrogen (secondary N) is 2. The maximum absolute atomic E-state index is 12.2. The maximum Gasteiger partial charge on any atom is 0.267 e. The first-order valence-corrected chi connectivity index (χ1v) is 9.33. The van der Waals surface area contributed by atoms with Gasteiger partial charge < -0.3 is 10.3 Å². The van der Waals surface area contributed by atoms with Crippen molar-refractivity contribution < 1.29 is 13.2 Å². The van der Waals surface area contributed by atoms with Gasteiger partial charge in [-0.2, -0.15) is 0 Å². The lowest BCUT2D eigenvalue weighted by Gasteiger charge is -2.21. The van der Waals surface area contributed by atoms with Crippen molar-refractivity contribution in [1.29, 1.82) is 0 Å². The highest BCUT2D eigenvalue weighted by molar-refractivity contribution is 7.91. The molecule has 1 aromatic heterocycles. The molecule has 1 aliphatic rings. The Morgan fingerprint density at radius 2 is 2.00 bits per heavy atom. The van der Waals surface area contributed by atoms with E-state index in [1.54, 1.807) is 0 Å². The molecule has 0 aliphatic carbocycles. The van der Waals surface area contributed by atoms with Crippen LogP contribution in [0.25, 0.3) is 10.9 Å². The first kappa shape index (κ1) is 15.1. The zero-order valence-corrected chi connectivity index (χ0v) is 13.4. The third-order valence-electron chi connectivity index (χ3n) is 4.25. The molecule has 2 aromatic rings. The minimum atomic E-state index is -2.85. The van der Waals surface area contributed by atoms with Crippen molar-refractivity contribution in [3.05, 3.63) is 35.5 Å². The lowest BCUT2D eigenvalue weighted by Crippen LogP contribution is -2.34. The molecule has 2 N–H and O–H groups in total. The van der Waals surface area contributed by atoms with E-state index < -0.39 is 9.84 Å². The van der Waals surface area contributed by atoms with Gasteiger partial charge in [-0.3, -0.25) is 4.79 Å².